The average molecular weight is 408 g/mol. The SMILES string of the molecule is Cn1c(COc2ccc(C(C)(C)C)cc2)c(CO)c2c(=O)sc3ccccc3c21. The third-order valence-corrected chi connectivity index (χ3v) is 6.40. The summed E-state index contributed by atoms with van der Waals surface area (Å²) in [6.07, 6.45) is 0. The van der Waals surface area contributed by atoms with Crippen molar-refractivity contribution in [2.45, 2.75) is 39.4 Å². The molecule has 2 aromatic carbocycles. The van der Waals surface area contributed by atoms with Gasteiger partial charge in [-0.2, -0.15) is 0 Å². The van der Waals surface area contributed by atoms with Gasteiger partial charge in [0.1, 0.15) is 12.4 Å². The fraction of sp³-hybridized carbons (Fsp3) is 0.292. The fourth-order valence-electron chi connectivity index (χ4n) is 3.79. The summed E-state index contributed by atoms with van der Waals surface area (Å²) in [4.78, 5) is 12.8. The molecule has 0 aliphatic carbocycles. The zero-order valence-corrected chi connectivity index (χ0v) is 18.0. The van der Waals surface area contributed by atoms with E-state index in [0.29, 0.717) is 10.9 Å². The van der Waals surface area contributed by atoms with Crippen molar-refractivity contribution < 1.29 is 9.84 Å². The number of aliphatic hydroxyl groups is 1. The van der Waals surface area contributed by atoms with Crippen molar-refractivity contribution in [3.63, 3.8) is 0 Å². The summed E-state index contributed by atoms with van der Waals surface area (Å²) in [6.45, 7) is 6.63. The van der Waals surface area contributed by atoms with E-state index in [-0.39, 0.29) is 23.4 Å². The third-order valence-electron chi connectivity index (χ3n) is 5.43. The Morgan fingerprint density at radius 1 is 1.07 bits per heavy atom. The molecule has 150 valence electrons. The van der Waals surface area contributed by atoms with Crippen molar-refractivity contribution in [1.29, 1.82) is 0 Å². The smallest absolute Gasteiger partial charge is 0.242 e. The van der Waals surface area contributed by atoms with Crippen LogP contribution in [0.1, 0.15) is 37.6 Å². The number of aliphatic hydroxyl groups excluding tert-OH is 1. The molecule has 0 saturated heterocycles. The molecule has 0 saturated carbocycles. The maximum atomic E-state index is 12.8. The molecule has 29 heavy (non-hydrogen) atoms. The van der Waals surface area contributed by atoms with E-state index in [1.165, 1.54) is 16.9 Å². The molecule has 0 bridgehead atoms. The number of rotatable bonds is 4. The van der Waals surface area contributed by atoms with E-state index in [4.69, 9.17) is 4.74 Å². The number of aromatic nitrogens is 1. The van der Waals surface area contributed by atoms with Crippen LogP contribution in [0.2, 0.25) is 0 Å². The highest BCUT2D eigenvalue weighted by atomic mass is 32.1. The minimum absolute atomic E-state index is 0.0286. The summed E-state index contributed by atoms with van der Waals surface area (Å²) in [5.74, 6) is 0.766. The van der Waals surface area contributed by atoms with Crippen LogP contribution in [-0.4, -0.2) is 9.67 Å². The van der Waals surface area contributed by atoms with E-state index in [9.17, 15) is 9.90 Å². The van der Waals surface area contributed by atoms with Gasteiger partial charge in [0.05, 0.1) is 23.2 Å². The average Bonchev–Trinajstić information content (AvgIpc) is 2.98. The number of fused-ring (bicyclic) bond motifs is 3. The summed E-state index contributed by atoms with van der Waals surface area (Å²) in [5.41, 5.74) is 3.67. The summed E-state index contributed by atoms with van der Waals surface area (Å²) < 4.78 is 8.94. The minimum Gasteiger partial charge on any atom is -0.487 e. The molecule has 0 atom stereocenters. The molecule has 0 unspecified atom stereocenters. The van der Waals surface area contributed by atoms with Crippen LogP contribution in [0.5, 0.6) is 5.75 Å². The first-order valence-electron chi connectivity index (χ1n) is 9.67. The molecule has 5 heteroatoms. The minimum atomic E-state index is -0.195. The van der Waals surface area contributed by atoms with Crippen LogP contribution in [0.4, 0.5) is 0 Å². The number of benzene rings is 2. The van der Waals surface area contributed by atoms with Gasteiger partial charge in [0, 0.05) is 22.7 Å². The monoisotopic (exact) mass is 407 g/mol. The summed E-state index contributed by atoms with van der Waals surface area (Å²) in [6, 6.07) is 16.0. The van der Waals surface area contributed by atoms with Crippen LogP contribution in [0.3, 0.4) is 0 Å². The number of hydrogen-bond acceptors (Lipinski definition) is 4. The zero-order chi connectivity index (χ0) is 20.8. The summed E-state index contributed by atoms with van der Waals surface area (Å²) >= 11 is 1.22. The van der Waals surface area contributed by atoms with E-state index in [1.54, 1.807) is 0 Å². The largest absolute Gasteiger partial charge is 0.487 e. The Balaban J connectivity index is 1.76. The van der Waals surface area contributed by atoms with Gasteiger partial charge in [-0.25, -0.2) is 0 Å². The summed E-state index contributed by atoms with van der Waals surface area (Å²) in [7, 11) is 1.93. The van der Waals surface area contributed by atoms with Crippen molar-refractivity contribution in [2.24, 2.45) is 7.05 Å². The van der Waals surface area contributed by atoms with Crippen LogP contribution < -0.4 is 9.48 Å². The van der Waals surface area contributed by atoms with Gasteiger partial charge in [-0.3, -0.25) is 4.79 Å². The van der Waals surface area contributed by atoms with E-state index in [0.717, 1.165) is 27.0 Å². The molecule has 4 nitrogen and oxygen atoms in total. The number of ether oxygens (including phenoxy) is 1. The summed E-state index contributed by atoms with van der Waals surface area (Å²) in [5, 5.41) is 11.7. The van der Waals surface area contributed by atoms with Crippen LogP contribution in [0.25, 0.3) is 21.0 Å². The van der Waals surface area contributed by atoms with Gasteiger partial charge in [0.25, 0.3) is 0 Å². The number of hydrogen-bond donors (Lipinski definition) is 1. The first-order chi connectivity index (χ1) is 13.8. The quantitative estimate of drug-likeness (QED) is 0.511. The Morgan fingerprint density at radius 2 is 1.76 bits per heavy atom. The van der Waals surface area contributed by atoms with E-state index < -0.39 is 0 Å². The fourth-order valence-corrected chi connectivity index (χ4v) is 4.73. The normalized spacial score (nSPS) is 12.0. The lowest BCUT2D eigenvalue weighted by molar-refractivity contribution is 0.267. The van der Waals surface area contributed by atoms with Gasteiger partial charge >= 0.3 is 0 Å². The van der Waals surface area contributed by atoms with Crippen molar-refractivity contribution in [3.8, 4) is 5.75 Å². The molecular weight excluding hydrogens is 382 g/mol. The number of nitrogens with zero attached hydrogens (tertiary/aromatic N) is 1. The van der Waals surface area contributed by atoms with Crippen molar-refractivity contribution in [1.82, 2.24) is 4.57 Å². The second-order valence-corrected chi connectivity index (χ2v) is 9.33. The van der Waals surface area contributed by atoms with E-state index in [2.05, 4.69) is 32.9 Å². The van der Waals surface area contributed by atoms with Crippen LogP contribution in [-0.2, 0) is 25.7 Å². The van der Waals surface area contributed by atoms with Gasteiger partial charge in [-0.15, -0.1) is 0 Å². The van der Waals surface area contributed by atoms with Crippen LogP contribution in [0.15, 0.2) is 53.3 Å². The molecular formula is C24H25NO3S. The van der Waals surface area contributed by atoms with E-state index >= 15 is 0 Å². The maximum Gasteiger partial charge on any atom is 0.242 e. The second kappa shape index (κ2) is 7.32. The lowest BCUT2D eigenvalue weighted by Crippen LogP contribution is -2.10. The molecule has 2 aromatic heterocycles. The Bertz CT molecular complexity index is 1240. The lowest BCUT2D eigenvalue weighted by atomic mass is 9.87. The Morgan fingerprint density at radius 3 is 2.41 bits per heavy atom. The third kappa shape index (κ3) is 3.45. The highest BCUT2D eigenvalue weighted by Gasteiger charge is 2.20. The molecule has 0 amide bonds. The highest BCUT2D eigenvalue weighted by molar-refractivity contribution is 7.17. The molecule has 0 radical (unpaired) electrons. The molecule has 0 spiro atoms. The predicted octanol–water partition coefficient (Wildman–Crippen LogP) is 5.12. The first kappa shape index (κ1) is 19.7. The van der Waals surface area contributed by atoms with Gasteiger partial charge in [-0.05, 0) is 29.2 Å². The lowest BCUT2D eigenvalue weighted by Gasteiger charge is -2.19. The van der Waals surface area contributed by atoms with Gasteiger partial charge in [-0.1, -0.05) is 62.4 Å². The standard InChI is InChI=1S/C24H25NO3S/c1-24(2,3)15-9-11-16(12-10-15)28-14-19-18(13-26)21-22(25(19)4)17-7-5-6-8-20(17)29-23(21)27/h5-12,26H,13-14H2,1-4H3. The Kier molecular flexibility index (Phi) is 4.97. The molecule has 2 heterocycles. The first-order valence-corrected chi connectivity index (χ1v) is 10.5. The van der Waals surface area contributed by atoms with Gasteiger partial charge in [0.2, 0.25) is 4.74 Å². The highest BCUT2D eigenvalue weighted by Crippen LogP contribution is 2.32. The van der Waals surface area contributed by atoms with Crippen molar-refractivity contribution in [3.05, 3.63) is 74.9 Å². The molecule has 0 fully saturated rings. The molecule has 0 aliphatic rings. The Hall–Kier alpha value is -2.63. The maximum absolute atomic E-state index is 12.8. The second-order valence-electron chi connectivity index (χ2n) is 8.31. The van der Waals surface area contributed by atoms with E-state index in [1.807, 2.05) is 48.0 Å². The molecule has 4 rings (SSSR count). The van der Waals surface area contributed by atoms with Gasteiger partial charge < -0.3 is 14.4 Å². The Labute approximate surface area is 174 Å². The molecule has 1 N–H and O–H groups in total. The van der Waals surface area contributed by atoms with Crippen molar-refractivity contribution in [2.75, 3.05) is 0 Å². The molecule has 4 aromatic rings. The topological polar surface area (TPSA) is 51.5 Å². The molecule has 0 aliphatic heterocycles. The number of aryl methyl sites for hydroxylation is 1. The van der Waals surface area contributed by atoms with Crippen molar-refractivity contribution >= 4 is 32.3 Å². The van der Waals surface area contributed by atoms with Gasteiger partial charge in [0.15, 0.2) is 0 Å². The van der Waals surface area contributed by atoms with Crippen LogP contribution >= 0.6 is 11.3 Å². The zero-order valence-electron chi connectivity index (χ0n) is 17.2. The predicted molar refractivity (Wildman–Crippen MR) is 120 cm³/mol. The van der Waals surface area contributed by atoms with Crippen LogP contribution in [0, 0.1) is 0 Å².